The van der Waals surface area contributed by atoms with Crippen molar-refractivity contribution in [1.29, 1.82) is 0 Å². The predicted molar refractivity (Wildman–Crippen MR) is 134 cm³/mol. The maximum Gasteiger partial charge on any atom is 0.323 e. The molecule has 0 unspecified atom stereocenters. The summed E-state index contributed by atoms with van der Waals surface area (Å²) >= 11 is 0. The van der Waals surface area contributed by atoms with Gasteiger partial charge in [-0.25, -0.2) is 0 Å². The fourth-order valence-electron chi connectivity index (χ4n) is 4.95. The van der Waals surface area contributed by atoms with Crippen LogP contribution in [0.1, 0.15) is 69.6 Å². The lowest BCUT2D eigenvalue weighted by Gasteiger charge is -2.43. The number of likely N-dealkylation sites (tertiary alicyclic amines) is 1. The molecule has 35 heavy (non-hydrogen) atoms. The molecule has 0 spiro atoms. The molecule has 3 N–H and O–H groups in total. The highest BCUT2D eigenvalue weighted by Gasteiger charge is 2.42. The van der Waals surface area contributed by atoms with Crippen LogP contribution in [0.5, 0.6) is 0 Å². The van der Waals surface area contributed by atoms with Gasteiger partial charge in [0.25, 0.3) is 0 Å². The lowest BCUT2D eigenvalue weighted by atomic mass is 9.90. The number of rotatable bonds is 6. The fourth-order valence-corrected chi connectivity index (χ4v) is 4.95. The Balaban J connectivity index is 1.58. The van der Waals surface area contributed by atoms with Crippen LogP contribution in [0, 0.1) is 5.92 Å². The molecule has 2 heterocycles. The lowest BCUT2D eigenvalue weighted by molar-refractivity contribution is -0.276. The smallest absolute Gasteiger partial charge is 0.323 e. The monoisotopic (exact) mass is 482 g/mol. The van der Waals surface area contributed by atoms with Crippen molar-refractivity contribution < 1.29 is 24.1 Å². The molecule has 0 aromatic heterocycles. The number of aliphatic hydroxyl groups is 1. The molecule has 2 fully saturated rings. The average molecular weight is 483 g/mol. The van der Waals surface area contributed by atoms with Gasteiger partial charge in [0.2, 0.25) is 0 Å². The SMILES string of the molecule is C[C@@H]1[C@H](CN2CCC[C@H]2C(=O)OC(C)(C)C)O[C@H](c2cccc(N)c2)O[C@@H]1c1ccc(CO)cc1. The van der Waals surface area contributed by atoms with Crippen LogP contribution in [0.15, 0.2) is 48.5 Å². The van der Waals surface area contributed by atoms with Gasteiger partial charge in [-0.05, 0) is 63.4 Å². The van der Waals surface area contributed by atoms with Crippen molar-refractivity contribution in [3.8, 4) is 0 Å². The molecule has 5 atom stereocenters. The van der Waals surface area contributed by atoms with Gasteiger partial charge in [0.15, 0.2) is 6.29 Å². The number of ether oxygens (including phenoxy) is 3. The first-order chi connectivity index (χ1) is 16.6. The Morgan fingerprint density at radius 1 is 1.14 bits per heavy atom. The third kappa shape index (κ3) is 6.22. The second-order valence-electron chi connectivity index (χ2n) is 10.7. The van der Waals surface area contributed by atoms with Crippen LogP contribution in [0.4, 0.5) is 5.69 Å². The molecule has 2 aliphatic heterocycles. The van der Waals surface area contributed by atoms with Gasteiger partial charge >= 0.3 is 5.97 Å². The normalized spacial score (nSPS) is 27.6. The van der Waals surface area contributed by atoms with E-state index in [0.29, 0.717) is 12.2 Å². The van der Waals surface area contributed by atoms with E-state index in [0.717, 1.165) is 36.1 Å². The number of nitrogens with two attached hydrogens (primary N) is 1. The summed E-state index contributed by atoms with van der Waals surface area (Å²) in [5, 5.41) is 9.44. The molecular weight excluding hydrogens is 444 g/mol. The maximum absolute atomic E-state index is 12.9. The summed E-state index contributed by atoms with van der Waals surface area (Å²) in [7, 11) is 0. The second-order valence-corrected chi connectivity index (χ2v) is 10.7. The molecule has 7 heteroatoms. The van der Waals surface area contributed by atoms with E-state index < -0.39 is 11.9 Å². The molecule has 0 saturated carbocycles. The number of aliphatic hydroxyl groups excluding tert-OH is 1. The first kappa shape index (κ1) is 25.6. The van der Waals surface area contributed by atoms with Crippen LogP contribution in [0.25, 0.3) is 0 Å². The Kier molecular flexibility index (Phi) is 7.81. The van der Waals surface area contributed by atoms with E-state index in [1.807, 2.05) is 69.3 Å². The van der Waals surface area contributed by atoms with E-state index in [1.165, 1.54) is 0 Å². The minimum atomic E-state index is -0.579. The Hall–Kier alpha value is -2.45. The molecule has 2 aromatic rings. The lowest BCUT2D eigenvalue weighted by Crippen LogP contribution is -2.48. The summed E-state index contributed by atoms with van der Waals surface area (Å²) in [6, 6.07) is 15.2. The van der Waals surface area contributed by atoms with Gasteiger partial charge in [-0.3, -0.25) is 9.69 Å². The molecule has 7 nitrogen and oxygen atoms in total. The number of carbonyl (C=O) groups excluding carboxylic acids is 1. The van der Waals surface area contributed by atoms with Crippen molar-refractivity contribution in [2.75, 3.05) is 18.8 Å². The highest BCUT2D eigenvalue weighted by atomic mass is 16.7. The van der Waals surface area contributed by atoms with E-state index in [2.05, 4.69) is 11.8 Å². The topological polar surface area (TPSA) is 94.3 Å². The molecule has 2 aromatic carbocycles. The molecule has 190 valence electrons. The molecule has 2 aliphatic rings. The number of anilines is 1. The van der Waals surface area contributed by atoms with Crippen LogP contribution < -0.4 is 5.73 Å². The third-order valence-corrected chi connectivity index (χ3v) is 6.76. The van der Waals surface area contributed by atoms with Crippen molar-refractivity contribution in [2.24, 2.45) is 5.92 Å². The number of nitrogen functional groups attached to an aromatic ring is 1. The summed E-state index contributed by atoms with van der Waals surface area (Å²) in [4.78, 5) is 15.1. The first-order valence-electron chi connectivity index (χ1n) is 12.5. The van der Waals surface area contributed by atoms with Crippen LogP contribution in [-0.4, -0.2) is 46.8 Å². The number of esters is 1. The van der Waals surface area contributed by atoms with Gasteiger partial charge in [-0.2, -0.15) is 0 Å². The Morgan fingerprint density at radius 3 is 2.54 bits per heavy atom. The van der Waals surface area contributed by atoms with Gasteiger partial charge in [-0.1, -0.05) is 43.3 Å². The summed E-state index contributed by atoms with van der Waals surface area (Å²) in [5.41, 5.74) is 8.93. The number of carbonyl (C=O) groups is 1. The average Bonchev–Trinajstić information content (AvgIpc) is 3.28. The van der Waals surface area contributed by atoms with Crippen molar-refractivity contribution in [2.45, 2.75) is 77.3 Å². The van der Waals surface area contributed by atoms with Gasteiger partial charge in [0.1, 0.15) is 11.6 Å². The summed E-state index contributed by atoms with van der Waals surface area (Å²) < 4.78 is 18.7. The molecular formula is C28H38N2O5. The highest BCUT2D eigenvalue weighted by Crippen LogP contribution is 2.42. The zero-order chi connectivity index (χ0) is 25.2. The van der Waals surface area contributed by atoms with Crippen LogP contribution >= 0.6 is 0 Å². The standard InChI is InChI=1S/C28H38N2O5/c1-18-24(16-30-14-6-9-23(30)26(32)35-28(2,3)4)33-27(21-7-5-8-22(29)15-21)34-25(18)20-12-10-19(17-31)11-13-20/h5,7-8,10-13,15,18,23-25,27,31H,6,9,14,16-17,29H2,1-4H3/t18-,23+,24+,25+,27+/m1/s1. The maximum atomic E-state index is 12.9. The van der Waals surface area contributed by atoms with E-state index >= 15 is 0 Å². The molecule has 2 saturated heterocycles. The zero-order valence-electron chi connectivity index (χ0n) is 21.1. The van der Waals surface area contributed by atoms with E-state index in [4.69, 9.17) is 19.9 Å². The predicted octanol–water partition coefficient (Wildman–Crippen LogP) is 4.36. The number of benzene rings is 2. The highest BCUT2D eigenvalue weighted by molar-refractivity contribution is 5.76. The second kappa shape index (κ2) is 10.7. The molecule has 0 radical (unpaired) electrons. The van der Waals surface area contributed by atoms with Crippen molar-refractivity contribution in [3.63, 3.8) is 0 Å². The first-order valence-corrected chi connectivity index (χ1v) is 12.5. The van der Waals surface area contributed by atoms with Crippen molar-refractivity contribution in [3.05, 3.63) is 65.2 Å². The number of nitrogens with zero attached hydrogens (tertiary/aromatic N) is 1. The van der Waals surface area contributed by atoms with Crippen LogP contribution in [0.2, 0.25) is 0 Å². The summed E-state index contributed by atoms with van der Waals surface area (Å²) in [6.07, 6.45) is 0.782. The van der Waals surface area contributed by atoms with E-state index in [1.54, 1.807) is 0 Å². The Bertz CT molecular complexity index is 1000. The van der Waals surface area contributed by atoms with Crippen molar-refractivity contribution in [1.82, 2.24) is 4.90 Å². The quantitative estimate of drug-likeness (QED) is 0.467. The fraction of sp³-hybridized carbons (Fsp3) is 0.536. The van der Waals surface area contributed by atoms with Gasteiger partial charge < -0.3 is 25.1 Å². The van der Waals surface area contributed by atoms with Crippen LogP contribution in [-0.2, 0) is 25.6 Å². The van der Waals surface area contributed by atoms with Gasteiger partial charge in [0, 0.05) is 23.7 Å². The van der Waals surface area contributed by atoms with E-state index in [9.17, 15) is 9.90 Å². The zero-order valence-corrected chi connectivity index (χ0v) is 21.1. The molecule has 0 aliphatic carbocycles. The Morgan fingerprint density at radius 2 is 1.89 bits per heavy atom. The van der Waals surface area contributed by atoms with Crippen LogP contribution in [0.3, 0.4) is 0 Å². The number of hydrogen-bond acceptors (Lipinski definition) is 7. The van der Waals surface area contributed by atoms with Crippen molar-refractivity contribution >= 4 is 11.7 Å². The number of hydrogen-bond donors (Lipinski definition) is 2. The van der Waals surface area contributed by atoms with Gasteiger partial charge in [0.05, 0.1) is 18.8 Å². The molecule has 0 amide bonds. The summed E-state index contributed by atoms with van der Waals surface area (Å²) in [5.74, 6) is -0.134. The minimum Gasteiger partial charge on any atom is -0.459 e. The van der Waals surface area contributed by atoms with Gasteiger partial charge in [-0.15, -0.1) is 0 Å². The van der Waals surface area contributed by atoms with E-state index in [-0.39, 0.29) is 36.7 Å². The largest absolute Gasteiger partial charge is 0.459 e. The molecule has 4 rings (SSSR count). The third-order valence-electron chi connectivity index (χ3n) is 6.76. The summed E-state index contributed by atoms with van der Waals surface area (Å²) in [6.45, 7) is 9.27. The minimum absolute atomic E-state index is 0.0000243. The Labute approximate surface area is 208 Å². The molecule has 0 bridgehead atoms.